The van der Waals surface area contributed by atoms with Crippen molar-refractivity contribution in [2.75, 3.05) is 40.0 Å². The largest absolute Gasteiger partial charge is 0.356 e. The number of nitrogens with zero attached hydrogens (tertiary/aromatic N) is 3. The molecule has 9 heteroatoms. The summed E-state index contributed by atoms with van der Waals surface area (Å²) in [6.45, 7) is 2.74. The second kappa shape index (κ2) is 10.7. The number of benzene rings is 1. The fourth-order valence-corrected chi connectivity index (χ4v) is 4.00. The monoisotopic (exact) mass is 514 g/mol. The molecule has 1 aromatic carbocycles. The predicted molar refractivity (Wildman–Crippen MR) is 119 cm³/mol. The molecule has 0 radical (unpaired) electrons. The predicted octanol–water partition coefficient (Wildman–Crippen LogP) is 2.64. The topological polar surface area (TPSA) is 65.0 Å². The molecule has 0 unspecified atom stereocenters. The van der Waals surface area contributed by atoms with E-state index in [4.69, 9.17) is 11.6 Å². The summed E-state index contributed by atoms with van der Waals surface area (Å²) in [6.07, 6.45) is 3.02. The van der Waals surface area contributed by atoms with Crippen molar-refractivity contribution in [1.82, 2.24) is 14.5 Å². The number of nitrogens with one attached hydrogen (secondary N) is 1. The quantitative estimate of drug-likeness (QED) is 0.373. The van der Waals surface area contributed by atoms with E-state index in [9.17, 15) is 8.42 Å². The second-order valence-electron chi connectivity index (χ2n) is 6.52. The summed E-state index contributed by atoms with van der Waals surface area (Å²) in [5.74, 6) is 1.29. The van der Waals surface area contributed by atoms with Crippen LogP contribution >= 0.6 is 35.6 Å². The van der Waals surface area contributed by atoms with Gasteiger partial charge in [0.25, 0.3) is 0 Å². The Bertz CT molecular complexity index is 689. The van der Waals surface area contributed by atoms with E-state index in [0.717, 1.165) is 42.5 Å². The molecule has 0 amide bonds. The highest BCUT2D eigenvalue weighted by atomic mass is 127. The van der Waals surface area contributed by atoms with Gasteiger partial charge in [-0.2, -0.15) is 0 Å². The van der Waals surface area contributed by atoms with Gasteiger partial charge in [0.15, 0.2) is 5.96 Å². The number of halogens is 2. The fraction of sp³-hybridized carbons (Fsp3) is 0.588. The molecule has 1 saturated heterocycles. The number of aliphatic imine (C=N–C) groups is 1. The Morgan fingerprint density at radius 1 is 1.31 bits per heavy atom. The standard InChI is InChI=1S/C17H27ClN4O2S.HI/c1-19-17(21(2)13-15-4-6-16(18)7-5-15)20-12-14-8-10-22(11-9-14)25(3,23)24;/h4-7,14H,8-13H2,1-3H3,(H,19,20);1H. The minimum absolute atomic E-state index is 0. The van der Waals surface area contributed by atoms with Crippen LogP contribution in [0.5, 0.6) is 0 Å². The lowest BCUT2D eigenvalue weighted by Crippen LogP contribution is -2.44. The highest BCUT2D eigenvalue weighted by Gasteiger charge is 2.25. The van der Waals surface area contributed by atoms with Crippen molar-refractivity contribution in [1.29, 1.82) is 0 Å². The first-order valence-electron chi connectivity index (χ1n) is 8.41. The van der Waals surface area contributed by atoms with Crippen LogP contribution in [0.1, 0.15) is 18.4 Å². The van der Waals surface area contributed by atoms with Crippen LogP contribution in [0.25, 0.3) is 0 Å². The van der Waals surface area contributed by atoms with Crippen LogP contribution < -0.4 is 5.32 Å². The zero-order valence-corrected chi connectivity index (χ0v) is 19.4. The van der Waals surface area contributed by atoms with Gasteiger partial charge in [-0.25, -0.2) is 12.7 Å². The Morgan fingerprint density at radius 3 is 2.38 bits per heavy atom. The number of sulfonamides is 1. The lowest BCUT2D eigenvalue weighted by molar-refractivity contribution is 0.273. The molecule has 0 aromatic heterocycles. The van der Waals surface area contributed by atoms with Crippen LogP contribution in [-0.2, 0) is 16.6 Å². The van der Waals surface area contributed by atoms with Crippen molar-refractivity contribution < 1.29 is 8.42 Å². The molecule has 1 aromatic rings. The van der Waals surface area contributed by atoms with Crippen molar-refractivity contribution in [2.24, 2.45) is 10.9 Å². The van der Waals surface area contributed by atoms with Crippen LogP contribution in [0, 0.1) is 5.92 Å². The van der Waals surface area contributed by atoms with Gasteiger partial charge in [-0.3, -0.25) is 4.99 Å². The first kappa shape index (κ1) is 23.5. The molecule has 0 spiro atoms. The summed E-state index contributed by atoms with van der Waals surface area (Å²) < 4.78 is 24.7. The smallest absolute Gasteiger partial charge is 0.211 e. The molecule has 0 bridgehead atoms. The highest BCUT2D eigenvalue weighted by molar-refractivity contribution is 14.0. The maximum atomic E-state index is 11.6. The van der Waals surface area contributed by atoms with Gasteiger partial charge in [0.1, 0.15) is 0 Å². The van der Waals surface area contributed by atoms with E-state index in [2.05, 4.69) is 15.2 Å². The molecule has 0 aliphatic carbocycles. The molecule has 1 aliphatic rings. The molecule has 6 nitrogen and oxygen atoms in total. The van der Waals surface area contributed by atoms with E-state index in [1.165, 1.54) is 6.26 Å². The molecule has 1 fully saturated rings. The first-order valence-corrected chi connectivity index (χ1v) is 10.6. The molecule has 0 atom stereocenters. The van der Waals surface area contributed by atoms with Gasteiger partial charge in [0.2, 0.25) is 10.0 Å². The van der Waals surface area contributed by atoms with E-state index >= 15 is 0 Å². The molecule has 26 heavy (non-hydrogen) atoms. The number of piperidine rings is 1. The number of rotatable bonds is 5. The average molecular weight is 515 g/mol. The van der Waals surface area contributed by atoms with Gasteiger partial charge in [-0.1, -0.05) is 23.7 Å². The second-order valence-corrected chi connectivity index (χ2v) is 8.93. The Kier molecular flexibility index (Phi) is 9.63. The fourth-order valence-electron chi connectivity index (χ4n) is 3.00. The zero-order chi connectivity index (χ0) is 18.4. The summed E-state index contributed by atoms with van der Waals surface area (Å²) in [5, 5.41) is 4.14. The Morgan fingerprint density at radius 2 is 1.88 bits per heavy atom. The van der Waals surface area contributed by atoms with Crippen molar-refractivity contribution in [3.63, 3.8) is 0 Å². The molecule has 148 valence electrons. The maximum absolute atomic E-state index is 11.6. The van der Waals surface area contributed by atoms with Crippen LogP contribution in [0.2, 0.25) is 5.02 Å². The summed E-state index contributed by atoms with van der Waals surface area (Å²) in [6, 6.07) is 7.78. The van der Waals surface area contributed by atoms with Gasteiger partial charge in [-0.05, 0) is 36.5 Å². The number of hydrogen-bond acceptors (Lipinski definition) is 3. The molecular weight excluding hydrogens is 487 g/mol. The Labute approximate surface area is 179 Å². The Balaban J connectivity index is 0.00000338. The third-order valence-corrected chi connectivity index (χ3v) is 6.05. The normalized spacial score (nSPS) is 16.8. The lowest BCUT2D eigenvalue weighted by Gasteiger charge is -2.31. The SMILES string of the molecule is CN=C(NCC1CCN(S(C)(=O)=O)CC1)N(C)Cc1ccc(Cl)cc1.I. The van der Waals surface area contributed by atoms with E-state index in [0.29, 0.717) is 19.0 Å². The summed E-state index contributed by atoms with van der Waals surface area (Å²) >= 11 is 5.92. The van der Waals surface area contributed by atoms with Crippen LogP contribution in [-0.4, -0.2) is 63.6 Å². The molecule has 1 N–H and O–H groups in total. The minimum Gasteiger partial charge on any atom is -0.356 e. The summed E-state index contributed by atoms with van der Waals surface area (Å²) in [7, 11) is 0.702. The summed E-state index contributed by atoms with van der Waals surface area (Å²) in [5.41, 5.74) is 1.16. The Hall–Kier alpha value is -0.580. The third-order valence-electron chi connectivity index (χ3n) is 4.50. The van der Waals surface area contributed by atoms with Gasteiger partial charge < -0.3 is 10.2 Å². The van der Waals surface area contributed by atoms with Gasteiger partial charge in [-0.15, -0.1) is 24.0 Å². The molecule has 2 rings (SSSR count). The van der Waals surface area contributed by atoms with Gasteiger partial charge >= 0.3 is 0 Å². The summed E-state index contributed by atoms with van der Waals surface area (Å²) in [4.78, 5) is 6.40. The lowest BCUT2D eigenvalue weighted by atomic mass is 9.98. The maximum Gasteiger partial charge on any atom is 0.211 e. The minimum atomic E-state index is -3.06. The van der Waals surface area contributed by atoms with Crippen molar-refractivity contribution >= 4 is 51.6 Å². The van der Waals surface area contributed by atoms with E-state index in [-0.39, 0.29) is 24.0 Å². The third kappa shape index (κ3) is 7.21. The van der Waals surface area contributed by atoms with Crippen molar-refractivity contribution in [3.05, 3.63) is 34.9 Å². The van der Waals surface area contributed by atoms with Gasteiger partial charge in [0, 0.05) is 45.3 Å². The highest BCUT2D eigenvalue weighted by Crippen LogP contribution is 2.18. The molecule has 1 aliphatic heterocycles. The number of hydrogen-bond donors (Lipinski definition) is 1. The van der Waals surface area contributed by atoms with Crippen molar-refractivity contribution in [3.8, 4) is 0 Å². The molecular formula is C17H28ClIN4O2S. The van der Waals surface area contributed by atoms with Crippen LogP contribution in [0.4, 0.5) is 0 Å². The zero-order valence-electron chi connectivity index (χ0n) is 15.5. The van der Waals surface area contributed by atoms with Crippen molar-refractivity contribution in [2.45, 2.75) is 19.4 Å². The first-order chi connectivity index (χ1) is 11.8. The van der Waals surface area contributed by atoms with Crippen LogP contribution in [0.15, 0.2) is 29.3 Å². The number of guanidine groups is 1. The molecule has 1 heterocycles. The van der Waals surface area contributed by atoms with E-state index in [1.54, 1.807) is 11.4 Å². The molecule has 0 saturated carbocycles. The van der Waals surface area contributed by atoms with Crippen LogP contribution in [0.3, 0.4) is 0 Å². The van der Waals surface area contributed by atoms with E-state index < -0.39 is 10.0 Å². The van der Waals surface area contributed by atoms with E-state index in [1.807, 2.05) is 31.3 Å². The van der Waals surface area contributed by atoms with Gasteiger partial charge in [0.05, 0.1) is 6.26 Å². The average Bonchev–Trinajstić information content (AvgIpc) is 2.57.